The van der Waals surface area contributed by atoms with Crippen molar-refractivity contribution in [3.8, 4) is 5.75 Å². The molecule has 6 nitrogen and oxygen atoms in total. The van der Waals surface area contributed by atoms with Gasteiger partial charge in [0.25, 0.3) is 11.7 Å². The van der Waals surface area contributed by atoms with Gasteiger partial charge in [0.05, 0.1) is 18.2 Å². The summed E-state index contributed by atoms with van der Waals surface area (Å²) in [5.74, 6) is -0.685. The maximum absolute atomic E-state index is 13.0. The summed E-state index contributed by atoms with van der Waals surface area (Å²) in [5, 5.41) is 11.2. The van der Waals surface area contributed by atoms with E-state index in [0.29, 0.717) is 12.2 Å². The van der Waals surface area contributed by atoms with Crippen molar-refractivity contribution in [1.82, 2.24) is 4.90 Å². The number of Topliss-reactive ketones (excluding diaryl/α,β-unsaturated/α-hetero) is 1. The second kappa shape index (κ2) is 7.95. The molecule has 156 valence electrons. The molecule has 4 rings (SSSR count). The number of likely N-dealkylation sites (tertiary alicyclic amines) is 1. The molecule has 0 aromatic heterocycles. The first kappa shape index (κ1) is 20.2. The third kappa shape index (κ3) is 3.48. The Kier molecular flexibility index (Phi) is 5.35. The first-order valence-corrected chi connectivity index (χ1v) is 10.0. The van der Waals surface area contributed by atoms with E-state index in [2.05, 4.69) is 0 Å². The van der Waals surface area contributed by atoms with E-state index in [4.69, 9.17) is 9.47 Å². The van der Waals surface area contributed by atoms with Crippen LogP contribution in [-0.2, 0) is 20.7 Å². The number of hydrogen-bond acceptors (Lipinski definition) is 5. The Labute approximate surface area is 175 Å². The average molecular weight is 407 g/mol. The topological polar surface area (TPSA) is 76.1 Å². The molecule has 2 aliphatic rings. The molecule has 2 atom stereocenters. The Morgan fingerprint density at radius 1 is 1.23 bits per heavy atom. The number of rotatable bonds is 5. The normalized spacial score (nSPS) is 22.3. The van der Waals surface area contributed by atoms with Crippen molar-refractivity contribution in [2.24, 2.45) is 0 Å². The monoisotopic (exact) mass is 407 g/mol. The number of benzene rings is 2. The van der Waals surface area contributed by atoms with Gasteiger partial charge in [-0.3, -0.25) is 9.59 Å². The highest BCUT2D eigenvalue weighted by Crippen LogP contribution is 2.40. The van der Waals surface area contributed by atoms with Crippen molar-refractivity contribution in [1.29, 1.82) is 0 Å². The molecule has 1 N–H and O–H groups in total. The van der Waals surface area contributed by atoms with Crippen molar-refractivity contribution in [2.45, 2.75) is 32.4 Å². The summed E-state index contributed by atoms with van der Waals surface area (Å²) in [6, 6.07) is 12.3. The molecule has 0 spiro atoms. The fourth-order valence-corrected chi connectivity index (χ4v) is 4.21. The number of nitrogens with zero attached hydrogens (tertiary/aromatic N) is 1. The molecule has 6 heteroatoms. The lowest BCUT2D eigenvalue weighted by atomic mass is 9.93. The molecule has 0 aliphatic carbocycles. The minimum absolute atomic E-state index is 0.0734. The van der Waals surface area contributed by atoms with E-state index in [9.17, 15) is 14.7 Å². The van der Waals surface area contributed by atoms with Gasteiger partial charge in [-0.25, -0.2) is 0 Å². The van der Waals surface area contributed by atoms with Crippen molar-refractivity contribution >= 4 is 17.4 Å². The molecule has 0 bridgehead atoms. The van der Waals surface area contributed by atoms with Gasteiger partial charge < -0.3 is 19.5 Å². The van der Waals surface area contributed by atoms with Gasteiger partial charge in [0, 0.05) is 25.6 Å². The Bertz CT molecular complexity index is 1040. The molecule has 2 aliphatic heterocycles. The molecule has 2 heterocycles. The number of ketones is 1. The van der Waals surface area contributed by atoms with E-state index in [-0.39, 0.29) is 24.0 Å². The van der Waals surface area contributed by atoms with Crippen molar-refractivity contribution in [3.63, 3.8) is 0 Å². The first-order chi connectivity index (χ1) is 14.4. The largest absolute Gasteiger partial charge is 0.507 e. The van der Waals surface area contributed by atoms with Crippen LogP contribution in [0.1, 0.15) is 35.2 Å². The number of methoxy groups -OCH3 is 1. The molecular weight excluding hydrogens is 382 g/mol. The van der Waals surface area contributed by atoms with Crippen LogP contribution >= 0.6 is 0 Å². The standard InChI is InChI=1S/C24H25NO5/c1-14-5-4-6-16(11-14)21-20(23(27)24(28)25(21)9-10-29-3)22(26)17-7-8-19-18(13-17)12-15(2)30-19/h4-8,11,13,15,21,26H,9-10,12H2,1-3H3/b22-20-. The maximum Gasteiger partial charge on any atom is 0.295 e. The predicted octanol–water partition coefficient (Wildman–Crippen LogP) is 3.39. The van der Waals surface area contributed by atoms with Gasteiger partial charge in [-0.05, 0) is 43.2 Å². The van der Waals surface area contributed by atoms with E-state index in [0.717, 1.165) is 28.9 Å². The lowest BCUT2D eigenvalue weighted by molar-refractivity contribution is -0.140. The van der Waals surface area contributed by atoms with E-state index in [1.54, 1.807) is 19.2 Å². The number of aliphatic hydroxyl groups is 1. The summed E-state index contributed by atoms with van der Waals surface area (Å²) in [7, 11) is 1.55. The van der Waals surface area contributed by atoms with E-state index in [1.807, 2.05) is 44.2 Å². The number of carbonyl (C=O) groups is 2. The number of carbonyl (C=O) groups excluding carboxylic acids is 2. The minimum Gasteiger partial charge on any atom is -0.507 e. The van der Waals surface area contributed by atoms with Crippen LogP contribution in [0.5, 0.6) is 5.75 Å². The van der Waals surface area contributed by atoms with Crippen LogP contribution in [-0.4, -0.2) is 48.1 Å². The van der Waals surface area contributed by atoms with Crippen molar-refractivity contribution in [3.05, 3.63) is 70.3 Å². The van der Waals surface area contributed by atoms with Crippen molar-refractivity contribution < 1.29 is 24.2 Å². The molecular formula is C24H25NO5. The number of ether oxygens (including phenoxy) is 2. The highest BCUT2D eigenvalue weighted by Gasteiger charge is 2.46. The molecule has 2 aromatic carbocycles. The zero-order chi connectivity index (χ0) is 21.4. The molecule has 1 saturated heterocycles. The number of fused-ring (bicyclic) bond motifs is 1. The van der Waals surface area contributed by atoms with Gasteiger partial charge >= 0.3 is 0 Å². The van der Waals surface area contributed by atoms with E-state index in [1.165, 1.54) is 4.90 Å². The average Bonchev–Trinajstić information content (AvgIpc) is 3.22. The van der Waals surface area contributed by atoms with E-state index < -0.39 is 17.7 Å². The summed E-state index contributed by atoms with van der Waals surface area (Å²) in [5.41, 5.74) is 3.38. The molecule has 1 fully saturated rings. The molecule has 1 amide bonds. The van der Waals surface area contributed by atoms with Gasteiger partial charge in [0.2, 0.25) is 0 Å². The summed E-state index contributed by atoms with van der Waals surface area (Å²) in [6.07, 6.45) is 0.809. The lowest BCUT2D eigenvalue weighted by Crippen LogP contribution is -2.32. The van der Waals surface area contributed by atoms with Crippen LogP contribution in [0.2, 0.25) is 0 Å². The van der Waals surface area contributed by atoms with Crippen LogP contribution in [0.15, 0.2) is 48.0 Å². The van der Waals surface area contributed by atoms with Crippen LogP contribution in [0, 0.1) is 6.92 Å². The molecule has 2 aromatic rings. The number of amides is 1. The van der Waals surface area contributed by atoms with Crippen LogP contribution < -0.4 is 4.74 Å². The number of hydrogen-bond donors (Lipinski definition) is 1. The summed E-state index contributed by atoms with van der Waals surface area (Å²) < 4.78 is 10.9. The van der Waals surface area contributed by atoms with Gasteiger partial charge in [0.15, 0.2) is 0 Å². The third-order valence-electron chi connectivity index (χ3n) is 5.60. The quantitative estimate of drug-likeness (QED) is 0.467. The minimum atomic E-state index is -0.680. The van der Waals surface area contributed by atoms with Crippen LogP contribution in [0.4, 0.5) is 0 Å². The van der Waals surface area contributed by atoms with E-state index >= 15 is 0 Å². The zero-order valence-corrected chi connectivity index (χ0v) is 17.3. The predicted molar refractivity (Wildman–Crippen MR) is 112 cm³/mol. The third-order valence-corrected chi connectivity index (χ3v) is 5.60. The highest BCUT2D eigenvalue weighted by molar-refractivity contribution is 6.46. The SMILES string of the molecule is COCCN1C(=O)C(=O)/C(=C(\O)c2ccc3c(c2)CC(C)O3)C1c1cccc(C)c1. The van der Waals surface area contributed by atoms with Gasteiger partial charge in [-0.15, -0.1) is 0 Å². The molecule has 0 saturated carbocycles. The second-order valence-corrected chi connectivity index (χ2v) is 7.85. The van der Waals surface area contributed by atoms with Crippen LogP contribution in [0.25, 0.3) is 5.76 Å². The lowest BCUT2D eigenvalue weighted by Gasteiger charge is -2.25. The second-order valence-electron chi connectivity index (χ2n) is 7.85. The summed E-state index contributed by atoms with van der Waals surface area (Å²) in [6.45, 7) is 4.49. The number of aryl methyl sites for hydroxylation is 1. The fraction of sp³-hybridized carbons (Fsp3) is 0.333. The highest BCUT2D eigenvalue weighted by atomic mass is 16.5. The molecule has 30 heavy (non-hydrogen) atoms. The van der Waals surface area contributed by atoms with Gasteiger partial charge in [0.1, 0.15) is 17.6 Å². The Morgan fingerprint density at radius 2 is 2.03 bits per heavy atom. The molecule has 0 radical (unpaired) electrons. The Morgan fingerprint density at radius 3 is 2.77 bits per heavy atom. The summed E-state index contributed by atoms with van der Waals surface area (Å²) in [4.78, 5) is 27.3. The van der Waals surface area contributed by atoms with Gasteiger partial charge in [-0.1, -0.05) is 29.8 Å². The van der Waals surface area contributed by atoms with Crippen molar-refractivity contribution in [2.75, 3.05) is 20.3 Å². The van der Waals surface area contributed by atoms with Crippen LogP contribution in [0.3, 0.4) is 0 Å². The molecule has 2 unspecified atom stereocenters. The summed E-state index contributed by atoms with van der Waals surface area (Å²) >= 11 is 0. The maximum atomic E-state index is 13.0. The zero-order valence-electron chi connectivity index (χ0n) is 17.3. The Hall–Kier alpha value is -3.12. The smallest absolute Gasteiger partial charge is 0.295 e. The van der Waals surface area contributed by atoms with Gasteiger partial charge in [-0.2, -0.15) is 0 Å². The fourth-order valence-electron chi connectivity index (χ4n) is 4.21. The Balaban J connectivity index is 1.83. The first-order valence-electron chi connectivity index (χ1n) is 10.0. The number of aliphatic hydroxyl groups excluding tert-OH is 1.